The smallest absolute Gasteiger partial charge is 0.243 e. The molecular weight excluding hydrogens is 296 g/mol. The third-order valence-corrected chi connectivity index (χ3v) is 4.56. The maximum atomic E-state index is 12.2. The van der Waals surface area contributed by atoms with E-state index in [9.17, 15) is 4.79 Å². The van der Waals surface area contributed by atoms with Crippen LogP contribution in [0.15, 0.2) is 77.9 Å². The molecule has 2 atom stereocenters. The van der Waals surface area contributed by atoms with Crippen LogP contribution in [0.2, 0.25) is 0 Å². The predicted octanol–water partition coefficient (Wildman–Crippen LogP) is 4.09. The van der Waals surface area contributed by atoms with Crippen molar-refractivity contribution in [3.8, 4) is 0 Å². The van der Waals surface area contributed by atoms with Crippen molar-refractivity contribution in [1.82, 2.24) is 5.43 Å². The van der Waals surface area contributed by atoms with Crippen LogP contribution in [0.25, 0.3) is 10.8 Å². The van der Waals surface area contributed by atoms with Gasteiger partial charge in [-0.25, -0.2) is 5.43 Å². The summed E-state index contributed by atoms with van der Waals surface area (Å²) in [6, 6.07) is 24.4. The van der Waals surface area contributed by atoms with Gasteiger partial charge in [-0.3, -0.25) is 4.79 Å². The fourth-order valence-electron chi connectivity index (χ4n) is 3.16. The molecule has 1 aliphatic rings. The van der Waals surface area contributed by atoms with E-state index in [2.05, 4.69) is 40.9 Å². The number of benzene rings is 3. The summed E-state index contributed by atoms with van der Waals surface area (Å²) in [4.78, 5) is 12.2. The molecule has 1 fully saturated rings. The highest BCUT2D eigenvalue weighted by Gasteiger charge is 2.43. The van der Waals surface area contributed by atoms with Gasteiger partial charge in [0.25, 0.3) is 0 Å². The predicted molar refractivity (Wildman–Crippen MR) is 97.0 cm³/mol. The number of rotatable bonds is 4. The van der Waals surface area contributed by atoms with E-state index in [1.165, 1.54) is 10.9 Å². The van der Waals surface area contributed by atoms with Crippen LogP contribution in [0.5, 0.6) is 0 Å². The van der Waals surface area contributed by atoms with E-state index in [4.69, 9.17) is 0 Å². The van der Waals surface area contributed by atoms with Crippen molar-refractivity contribution in [2.45, 2.75) is 12.3 Å². The largest absolute Gasteiger partial charge is 0.273 e. The van der Waals surface area contributed by atoms with Crippen LogP contribution in [0.3, 0.4) is 0 Å². The van der Waals surface area contributed by atoms with Crippen LogP contribution < -0.4 is 5.43 Å². The van der Waals surface area contributed by atoms with E-state index in [-0.39, 0.29) is 11.8 Å². The van der Waals surface area contributed by atoms with Gasteiger partial charge in [0.15, 0.2) is 0 Å². The number of hydrazone groups is 1. The van der Waals surface area contributed by atoms with Crippen molar-refractivity contribution in [3.05, 3.63) is 83.9 Å². The van der Waals surface area contributed by atoms with Crippen molar-refractivity contribution in [2.24, 2.45) is 11.0 Å². The molecule has 4 rings (SSSR count). The molecule has 1 amide bonds. The number of carbonyl (C=O) groups excluding carboxylic acids is 1. The number of hydrogen-bond donors (Lipinski definition) is 1. The van der Waals surface area contributed by atoms with Crippen molar-refractivity contribution in [2.75, 3.05) is 0 Å². The average Bonchev–Trinajstić information content (AvgIpc) is 3.43. The molecule has 24 heavy (non-hydrogen) atoms. The maximum Gasteiger partial charge on any atom is 0.243 e. The summed E-state index contributed by atoms with van der Waals surface area (Å²) in [6.07, 6.45) is 2.62. The van der Waals surface area contributed by atoms with Gasteiger partial charge in [-0.15, -0.1) is 0 Å². The first kappa shape index (κ1) is 14.6. The van der Waals surface area contributed by atoms with Crippen LogP contribution in [-0.4, -0.2) is 12.1 Å². The summed E-state index contributed by atoms with van der Waals surface area (Å²) in [5.41, 5.74) is 4.92. The topological polar surface area (TPSA) is 41.5 Å². The zero-order valence-electron chi connectivity index (χ0n) is 13.2. The van der Waals surface area contributed by atoms with Crippen LogP contribution in [0.1, 0.15) is 23.5 Å². The lowest BCUT2D eigenvalue weighted by Gasteiger charge is -2.02. The summed E-state index contributed by atoms with van der Waals surface area (Å²) in [7, 11) is 0. The van der Waals surface area contributed by atoms with Crippen LogP contribution in [0.4, 0.5) is 0 Å². The fraction of sp³-hybridized carbons (Fsp3) is 0.143. The Kier molecular flexibility index (Phi) is 3.83. The highest BCUT2D eigenvalue weighted by atomic mass is 16.2. The number of hydrogen-bond acceptors (Lipinski definition) is 2. The molecule has 1 aliphatic carbocycles. The monoisotopic (exact) mass is 314 g/mol. The first-order valence-electron chi connectivity index (χ1n) is 8.18. The molecule has 0 bridgehead atoms. The minimum atomic E-state index is 0.000315. The molecule has 3 aromatic rings. The second-order valence-corrected chi connectivity index (χ2v) is 6.16. The van der Waals surface area contributed by atoms with Crippen LogP contribution in [0, 0.1) is 5.92 Å². The molecular formula is C21H18N2O. The first-order valence-corrected chi connectivity index (χ1v) is 8.18. The molecule has 2 unspecified atom stereocenters. The van der Waals surface area contributed by atoms with Gasteiger partial charge in [-0.1, -0.05) is 72.8 Å². The Morgan fingerprint density at radius 2 is 1.71 bits per heavy atom. The zero-order chi connectivity index (χ0) is 16.4. The molecule has 0 heterocycles. The third kappa shape index (κ3) is 2.93. The van der Waals surface area contributed by atoms with E-state index in [0.717, 1.165) is 17.4 Å². The molecule has 3 nitrogen and oxygen atoms in total. The molecule has 0 spiro atoms. The van der Waals surface area contributed by atoms with Crippen molar-refractivity contribution < 1.29 is 4.79 Å². The summed E-state index contributed by atoms with van der Waals surface area (Å²) >= 11 is 0. The average molecular weight is 314 g/mol. The number of fused-ring (bicyclic) bond motifs is 1. The molecule has 0 radical (unpaired) electrons. The van der Waals surface area contributed by atoms with E-state index in [0.29, 0.717) is 5.92 Å². The van der Waals surface area contributed by atoms with Crippen molar-refractivity contribution in [3.63, 3.8) is 0 Å². The molecule has 0 saturated heterocycles. The second kappa shape index (κ2) is 6.28. The number of carbonyl (C=O) groups is 1. The normalized spacial score (nSPS) is 19.5. The van der Waals surface area contributed by atoms with Gasteiger partial charge in [0, 0.05) is 11.5 Å². The van der Waals surface area contributed by atoms with E-state index >= 15 is 0 Å². The Balaban J connectivity index is 1.42. The van der Waals surface area contributed by atoms with Crippen molar-refractivity contribution >= 4 is 22.9 Å². The number of nitrogens with zero attached hydrogens (tertiary/aromatic N) is 1. The summed E-state index contributed by atoms with van der Waals surface area (Å²) in [5.74, 6) is 0.372. The molecule has 0 aromatic heterocycles. The minimum Gasteiger partial charge on any atom is -0.273 e. The van der Waals surface area contributed by atoms with Gasteiger partial charge in [0.05, 0.1) is 6.21 Å². The van der Waals surface area contributed by atoms with Gasteiger partial charge in [-0.05, 0) is 28.7 Å². The lowest BCUT2D eigenvalue weighted by Crippen LogP contribution is -2.20. The van der Waals surface area contributed by atoms with E-state index < -0.39 is 0 Å². The lowest BCUT2D eigenvalue weighted by molar-refractivity contribution is -0.122. The Hall–Kier alpha value is -2.94. The quantitative estimate of drug-likeness (QED) is 0.572. The van der Waals surface area contributed by atoms with Gasteiger partial charge < -0.3 is 0 Å². The van der Waals surface area contributed by atoms with Gasteiger partial charge in [0.2, 0.25) is 5.91 Å². The SMILES string of the molecule is O=C(NN=Cc1cccc2ccccc12)C1CC1c1ccccc1. The van der Waals surface area contributed by atoms with Crippen LogP contribution in [-0.2, 0) is 4.79 Å². The third-order valence-electron chi connectivity index (χ3n) is 4.56. The molecule has 118 valence electrons. The van der Waals surface area contributed by atoms with Crippen LogP contribution >= 0.6 is 0 Å². The van der Waals surface area contributed by atoms with Crippen molar-refractivity contribution in [1.29, 1.82) is 0 Å². The molecule has 3 aromatic carbocycles. The summed E-state index contributed by atoms with van der Waals surface area (Å²) in [6.45, 7) is 0. The first-order chi connectivity index (χ1) is 11.8. The highest BCUT2D eigenvalue weighted by Crippen LogP contribution is 2.47. The van der Waals surface area contributed by atoms with Gasteiger partial charge in [-0.2, -0.15) is 5.10 Å². The Bertz CT molecular complexity index is 897. The Morgan fingerprint density at radius 1 is 0.958 bits per heavy atom. The summed E-state index contributed by atoms with van der Waals surface area (Å²) in [5, 5.41) is 6.45. The standard InChI is InChI=1S/C21H18N2O/c24-21(20-13-19(20)16-7-2-1-3-8-16)23-22-14-17-11-6-10-15-9-4-5-12-18(15)17/h1-12,14,19-20H,13H2,(H,23,24). The number of amides is 1. The molecule has 3 heteroatoms. The molecule has 1 N–H and O–H groups in total. The van der Waals surface area contributed by atoms with E-state index in [1.807, 2.05) is 42.5 Å². The Morgan fingerprint density at radius 3 is 2.58 bits per heavy atom. The zero-order valence-corrected chi connectivity index (χ0v) is 13.2. The fourth-order valence-corrected chi connectivity index (χ4v) is 3.16. The summed E-state index contributed by atoms with van der Waals surface area (Å²) < 4.78 is 0. The van der Waals surface area contributed by atoms with Gasteiger partial charge in [0.1, 0.15) is 0 Å². The van der Waals surface area contributed by atoms with Gasteiger partial charge >= 0.3 is 0 Å². The minimum absolute atomic E-state index is 0.000315. The second-order valence-electron chi connectivity index (χ2n) is 6.16. The van der Waals surface area contributed by atoms with E-state index in [1.54, 1.807) is 6.21 Å². The maximum absolute atomic E-state index is 12.2. The molecule has 0 aliphatic heterocycles. The Labute approximate surface area is 141 Å². The highest BCUT2D eigenvalue weighted by molar-refractivity contribution is 6.00. The number of nitrogens with one attached hydrogen (secondary N) is 1. The molecule has 1 saturated carbocycles. The lowest BCUT2D eigenvalue weighted by atomic mass is 10.1.